The van der Waals surface area contributed by atoms with Gasteiger partial charge in [0, 0.05) is 38.0 Å². The molecular weight excluding hydrogens is 517 g/mol. The predicted octanol–water partition coefficient (Wildman–Crippen LogP) is 4.53. The van der Waals surface area contributed by atoms with Gasteiger partial charge in [0.25, 0.3) is 0 Å². The van der Waals surface area contributed by atoms with E-state index in [9.17, 15) is 8.78 Å². The van der Waals surface area contributed by atoms with E-state index >= 15 is 0 Å². The molecule has 0 atom stereocenters. The van der Waals surface area contributed by atoms with Gasteiger partial charge < -0.3 is 25.4 Å². The third-order valence-corrected chi connectivity index (χ3v) is 4.23. The van der Waals surface area contributed by atoms with Gasteiger partial charge >= 0.3 is 6.61 Å². The molecule has 2 aromatic carbocycles. The zero-order valence-corrected chi connectivity index (χ0v) is 20.4. The highest BCUT2D eigenvalue weighted by molar-refractivity contribution is 14.0. The van der Waals surface area contributed by atoms with Crippen molar-refractivity contribution in [2.75, 3.05) is 32.1 Å². The van der Waals surface area contributed by atoms with E-state index in [2.05, 4.69) is 25.7 Å². The van der Waals surface area contributed by atoms with Crippen molar-refractivity contribution in [1.82, 2.24) is 10.6 Å². The summed E-state index contributed by atoms with van der Waals surface area (Å²) in [6.45, 7) is 3.90. The lowest BCUT2D eigenvalue weighted by atomic mass is 10.1. The van der Waals surface area contributed by atoms with Gasteiger partial charge in [-0.25, -0.2) is 4.99 Å². The SMILES string of the molecule is CCNC(=NCc1ccc(NCCOC)cc1)NCc1cc(C)ccc1OC(F)F.I. The Bertz CT molecular complexity index is 805. The quantitative estimate of drug-likeness (QED) is 0.167. The van der Waals surface area contributed by atoms with Crippen LogP contribution in [0.3, 0.4) is 0 Å². The zero-order valence-electron chi connectivity index (χ0n) is 18.1. The first kappa shape index (κ1) is 26.9. The summed E-state index contributed by atoms with van der Waals surface area (Å²) < 4.78 is 35.0. The highest BCUT2D eigenvalue weighted by Crippen LogP contribution is 2.22. The van der Waals surface area contributed by atoms with Gasteiger partial charge in [-0.3, -0.25) is 0 Å². The molecular formula is C22H31F2IN4O2. The third kappa shape index (κ3) is 10.1. The normalized spacial score (nSPS) is 11.1. The Morgan fingerprint density at radius 3 is 2.48 bits per heavy atom. The molecule has 0 saturated carbocycles. The van der Waals surface area contributed by atoms with E-state index in [1.165, 1.54) is 0 Å². The van der Waals surface area contributed by atoms with E-state index in [-0.39, 0.29) is 29.7 Å². The Balaban J connectivity index is 0.00000480. The van der Waals surface area contributed by atoms with E-state index in [0.717, 1.165) is 23.4 Å². The number of ether oxygens (including phenoxy) is 2. The molecule has 0 saturated heterocycles. The highest BCUT2D eigenvalue weighted by atomic mass is 127. The van der Waals surface area contributed by atoms with Gasteiger partial charge in [-0.1, -0.05) is 29.8 Å². The molecule has 2 aromatic rings. The first-order valence-electron chi connectivity index (χ1n) is 9.90. The van der Waals surface area contributed by atoms with Crippen molar-refractivity contribution in [3.8, 4) is 5.75 Å². The molecule has 0 aliphatic rings. The molecule has 0 heterocycles. The minimum atomic E-state index is -2.86. The molecule has 0 spiro atoms. The Morgan fingerprint density at radius 2 is 1.84 bits per heavy atom. The number of halogens is 3. The maximum Gasteiger partial charge on any atom is 0.387 e. The molecule has 2 rings (SSSR count). The molecule has 3 N–H and O–H groups in total. The van der Waals surface area contributed by atoms with Gasteiger partial charge in [-0.05, 0) is 37.6 Å². The number of guanidine groups is 1. The standard InChI is InChI=1S/C22H30F2N4O2.HI/c1-4-25-22(27-14-17-6-8-19(9-7-17)26-11-12-29-3)28-15-18-13-16(2)5-10-20(18)30-21(23)24;/h5-10,13,21,26H,4,11-12,14-15H2,1-3H3,(H2,25,27,28);1H. The Kier molecular flexibility index (Phi) is 12.8. The molecule has 0 radical (unpaired) electrons. The van der Waals surface area contributed by atoms with Crippen molar-refractivity contribution in [2.24, 2.45) is 4.99 Å². The lowest BCUT2D eigenvalue weighted by molar-refractivity contribution is -0.0504. The maximum absolute atomic E-state index is 12.7. The van der Waals surface area contributed by atoms with Crippen LogP contribution < -0.4 is 20.7 Å². The minimum Gasteiger partial charge on any atom is -0.434 e. The number of benzene rings is 2. The number of hydrogen-bond donors (Lipinski definition) is 3. The molecule has 0 aromatic heterocycles. The van der Waals surface area contributed by atoms with Crippen LogP contribution in [0, 0.1) is 6.92 Å². The second kappa shape index (κ2) is 14.8. The number of hydrogen-bond acceptors (Lipinski definition) is 4. The summed E-state index contributed by atoms with van der Waals surface area (Å²) in [4.78, 5) is 4.58. The lowest BCUT2D eigenvalue weighted by Gasteiger charge is -2.15. The van der Waals surface area contributed by atoms with Crippen LogP contribution in [0.2, 0.25) is 0 Å². The number of nitrogens with zero attached hydrogens (tertiary/aromatic N) is 1. The summed E-state index contributed by atoms with van der Waals surface area (Å²) in [5.41, 5.74) is 3.69. The molecule has 0 unspecified atom stereocenters. The van der Waals surface area contributed by atoms with Crippen molar-refractivity contribution >= 4 is 35.6 Å². The maximum atomic E-state index is 12.7. The topological polar surface area (TPSA) is 66.9 Å². The largest absolute Gasteiger partial charge is 0.434 e. The number of aliphatic imine (C=N–C) groups is 1. The zero-order chi connectivity index (χ0) is 21.8. The van der Waals surface area contributed by atoms with E-state index < -0.39 is 6.61 Å². The van der Waals surface area contributed by atoms with Crippen LogP contribution in [-0.4, -0.2) is 39.4 Å². The Morgan fingerprint density at radius 1 is 1.10 bits per heavy atom. The van der Waals surface area contributed by atoms with Gasteiger partial charge in [-0.2, -0.15) is 8.78 Å². The van der Waals surface area contributed by atoms with Crippen LogP contribution in [0.25, 0.3) is 0 Å². The van der Waals surface area contributed by atoms with Gasteiger partial charge in [0.2, 0.25) is 0 Å². The van der Waals surface area contributed by atoms with Crippen LogP contribution in [0.4, 0.5) is 14.5 Å². The number of nitrogens with one attached hydrogen (secondary N) is 3. The summed E-state index contributed by atoms with van der Waals surface area (Å²) in [5, 5.41) is 9.62. The minimum absolute atomic E-state index is 0. The van der Waals surface area contributed by atoms with Crippen molar-refractivity contribution in [3.05, 3.63) is 59.2 Å². The first-order chi connectivity index (χ1) is 14.5. The molecule has 9 heteroatoms. The van der Waals surface area contributed by atoms with Crippen LogP contribution >= 0.6 is 24.0 Å². The van der Waals surface area contributed by atoms with Crippen LogP contribution in [0.1, 0.15) is 23.6 Å². The Labute approximate surface area is 199 Å². The molecule has 0 aliphatic carbocycles. The average molecular weight is 548 g/mol. The average Bonchev–Trinajstić information content (AvgIpc) is 2.72. The van der Waals surface area contributed by atoms with Crippen LogP contribution in [0.5, 0.6) is 5.75 Å². The molecule has 0 fully saturated rings. The first-order valence-corrected chi connectivity index (χ1v) is 9.90. The van der Waals surface area contributed by atoms with Crippen molar-refractivity contribution < 1.29 is 18.3 Å². The predicted molar refractivity (Wildman–Crippen MR) is 132 cm³/mol. The smallest absolute Gasteiger partial charge is 0.387 e. The monoisotopic (exact) mass is 548 g/mol. The van der Waals surface area contributed by atoms with Gasteiger partial charge in [0.05, 0.1) is 13.2 Å². The van der Waals surface area contributed by atoms with E-state index in [4.69, 9.17) is 4.74 Å². The molecule has 0 bridgehead atoms. The summed E-state index contributed by atoms with van der Waals surface area (Å²) in [7, 11) is 1.67. The summed E-state index contributed by atoms with van der Waals surface area (Å²) >= 11 is 0. The number of rotatable bonds is 11. The lowest BCUT2D eigenvalue weighted by Crippen LogP contribution is -2.36. The second-order valence-corrected chi connectivity index (χ2v) is 6.65. The molecule has 6 nitrogen and oxygen atoms in total. The van der Waals surface area contributed by atoms with E-state index in [0.29, 0.717) is 37.8 Å². The summed E-state index contributed by atoms with van der Waals surface area (Å²) in [6.07, 6.45) is 0. The summed E-state index contributed by atoms with van der Waals surface area (Å²) in [5.74, 6) is 0.764. The number of methoxy groups -OCH3 is 1. The number of alkyl halides is 2. The molecule has 172 valence electrons. The van der Waals surface area contributed by atoms with Gasteiger partial charge in [0.1, 0.15) is 5.75 Å². The fourth-order valence-electron chi connectivity index (χ4n) is 2.77. The summed E-state index contributed by atoms with van der Waals surface area (Å²) in [6, 6.07) is 13.2. The molecule has 31 heavy (non-hydrogen) atoms. The van der Waals surface area contributed by atoms with Crippen molar-refractivity contribution in [1.29, 1.82) is 0 Å². The fourth-order valence-corrected chi connectivity index (χ4v) is 2.77. The van der Waals surface area contributed by atoms with Gasteiger partial charge in [0.15, 0.2) is 5.96 Å². The van der Waals surface area contributed by atoms with Crippen molar-refractivity contribution in [3.63, 3.8) is 0 Å². The van der Waals surface area contributed by atoms with Crippen LogP contribution in [-0.2, 0) is 17.8 Å². The second-order valence-electron chi connectivity index (χ2n) is 6.65. The van der Waals surface area contributed by atoms with Crippen molar-refractivity contribution in [2.45, 2.75) is 33.5 Å². The van der Waals surface area contributed by atoms with E-state index in [1.807, 2.05) is 44.2 Å². The number of anilines is 1. The molecule has 0 amide bonds. The highest BCUT2D eigenvalue weighted by Gasteiger charge is 2.10. The molecule has 0 aliphatic heterocycles. The van der Waals surface area contributed by atoms with E-state index in [1.54, 1.807) is 19.2 Å². The van der Waals surface area contributed by atoms with Crippen LogP contribution in [0.15, 0.2) is 47.5 Å². The van der Waals surface area contributed by atoms with Gasteiger partial charge in [-0.15, -0.1) is 24.0 Å². The third-order valence-electron chi connectivity index (χ3n) is 4.23. The number of aryl methyl sites for hydroxylation is 1. The fraction of sp³-hybridized carbons (Fsp3) is 0.409. The Hall–Kier alpha value is -2.14.